The van der Waals surface area contributed by atoms with Crippen LogP contribution in [0.2, 0.25) is 5.02 Å². The lowest BCUT2D eigenvalue weighted by Crippen LogP contribution is -2.45. The number of carbonyl (C=O) groups excluding carboxylic acids is 1. The molecule has 0 fully saturated rings. The summed E-state index contributed by atoms with van der Waals surface area (Å²) in [6.45, 7) is 5.62. The van der Waals surface area contributed by atoms with Crippen molar-refractivity contribution in [1.29, 1.82) is 0 Å². The first kappa shape index (κ1) is 20.3. The van der Waals surface area contributed by atoms with Crippen LogP contribution in [0.25, 0.3) is 0 Å². The van der Waals surface area contributed by atoms with Crippen molar-refractivity contribution in [3.05, 3.63) is 59.1 Å². The van der Waals surface area contributed by atoms with Gasteiger partial charge in [0.2, 0.25) is 15.9 Å². The molecule has 0 heterocycles. The predicted molar refractivity (Wildman–Crippen MR) is 107 cm³/mol. The molecule has 26 heavy (non-hydrogen) atoms. The second-order valence-corrected chi connectivity index (χ2v) is 8.74. The minimum absolute atomic E-state index is 0.226. The molecule has 140 valence electrons. The lowest BCUT2D eigenvalue weighted by atomic mass is 10.0. The molecule has 1 amide bonds. The van der Waals surface area contributed by atoms with Gasteiger partial charge in [-0.25, -0.2) is 8.42 Å². The number of nitrogens with zero attached hydrogens (tertiary/aromatic N) is 1. The summed E-state index contributed by atoms with van der Waals surface area (Å²) >= 11 is 5.88. The summed E-state index contributed by atoms with van der Waals surface area (Å²) in [7, 11) is -3.66. The minimum Gasteiger partial charge on any atom is -0.324 e. The minimum atomic E-state index is -3.66. The Morgan fingerprint density at radius 3 is 2.15 bits per heavy atom. The standard InChI is InChI=1S/C19H23ClN2O3S/c1-13(2)17-7-5-6-8-18(17)21-19(23)14(3)22(26(4,24)25)16-11-9-15(20)10-12-16/h5-14H,1-4H3,(H,21,23)/t14-/m1/s1. The highest BCUT2D eigenvalue weighted by Gasteiger charge is 2.29. The van der Waals surface area contributed by atoms with Crippen LogP contribution in [0.1, 0.15) is 32.3 Å². The lowest BCUT2D eigenvalue weighted by molar-refractivity contribution is -0.116. The van der Waals surface area contributed by atoms with Crippen molar-refractivity contribution < 1.29 is 13.2 Å². The molecule has 2 aromatic rings. The van der Waals surface area contributed by atoms with Gasteiger partial charge in [0, 0.05) is 10.7 Å². The Labute approximate surface area is 160 Å². The Kier molecular flexibility index (Phi) is 6.31. The molecule has 0 radical (unpaired) electrons. The van der Waals surface area contributed by atoms with E-state index >= 15 is 0 Å². The topological polar surface area (TPSA) is 66.5 Å². The summed E-state index contributed by atoms with van der Waals surface area (Å²) in [6, 6.07) is 12.9. The number of nitrogens with one attached hydrogen (secondary N) is 1. The van der Waals surface area contributed by atoms with Crippen LogP contribution in [0.15, 0.2) is 48.5 Å². The number of halogens is 1. The Morgan fingerprint density at radius 1 is 1.04 bits per heavy atom. The van der Waals surface area contributed by atoms with Gasteiger partial charge in [-0.2, -0.15) is 0 Å². The van der Waals surface area contributed by atoms with Gasteiger partial charge in [0.25, 0.3) is 0 Å². The normalized spacial score (nSPS) is 12.7. The van der Waals surface area contributed by atoms with E-state index in [1.54, 1.807) is 31.2 Å². The molecule has 0 aliphatic carbocycles. The lowest BCUT2D eigenvalue weighted by Gasteiger charge is -2.28. The third-order valence-corrected chi connectivity index (χ3v) is 5.50. The third kappa shape index (κ3) is 4.77. The van der Waals surface area contributed by atoms with E-state index in [1.807, 2.05) is 38.1 Å². The van der Waals surface area contributed by atoms with E-state index in [2.05, 4.69) is 5.32 Å². The molecular weight excluding hydrogens is 372 g/mol. The number of rotatable bonds is 6. The van der Waals surface area contributed by atoms with Crippen LogP contribution in [-0.4, -0.2) is 26.6 Å². The summed E-state index contributed by atoms with van der Waals surface area (Å²) in [5.41, 5.74) is 2.06. The maximum atomic E-state index is 12.8. The van der Waals surface area contributed by atoms with Gasteiger partial charge in [-0.05, 0) is 48.7 Å². The summed E-state index contributed by atoms with van der Waals surface area (Å²) in [6.07, 6.45) is 1.08. The van der Waals surface area contributed by atoms with Crippen molar-refractivity contribution in [3.8, 4) is 0 Å². The molecule has 0 aliphatic heterocycles. The molecule has 0 saturated carbocycles. The van der Waals surface area contributed by atoms with E-state index in [0.29, 0.717) is 16.4 Å². The van der Waals surface area contributed by atoms with Crippen molar-refractivity contribution in [1.82, 2.24) is 0 Å². The SMILES string of the molecule is CC(C)c1ccccc1NC(=O)[C@@H](C)N(c1ccc(Cl)cc1)S(C)(=O)=O. The highest BCUT2D eigenvalue weighted by molar-refractivity contribution is 7.92. The largest absolute Gasteiger partial charge is 0.324 e. The molecule has 0 unspecified atom stereocenters. The van der Waals surface area contributed by atoms with Gasteiger partial charge in [0.15, 0.2) is 0 Å². The second-order valence-electron chi connectivity index (χ2n) is 6.44. The number of amides is 1. The molecule has 2 rings (SSSR count). The second kappa shape index (κ2) is 8.10. The van der Waals surface area contributed by atoms with Crippen molar-refractivity contribution in [2.45, 2.75) is 32.7 Å². The van der Waals surface area contributed by atoms with E-state index in [0.717, 1.165) is 16.1 Å². The van der Waals surface area contributed by atoms with Crippen molar-refractivity contribution in [2.75, 3.05) is 15.9 Å². The first-order valence-electron chi connectivity index (χ1n) is 8.26. The van der Waals surface area contributed by atoms with Crippen LogP contribution in [0.4, 0.5) is 11.4 Å². The van der Waals surface area contributed by atoms with E-state index in [1.165, 1.54) is 0 Å². The zero-order chi connectivity index (χ0) is 19.5. The monoisotopic (exact) mass is 394 g/mol. The zero-order valence-electron chi connectivity index (χ0n) is 15.2. The van der Waals surface area contributed by atoms with Crippen LogP contribution >= 0.6 is 11.6 Å². The van der Waals surface area contributed by atoms with Gasteiger partial charge in [-0.1, -0.05) is 43.6 Å². The number of hydrogen-bond acceptors (Lipinski definition) is 3. The maximum Gasteiger partial charge on any atom is 0.248 e. The van der Waals surface area contributed by atoms with Gasteiger partial charge in [-0.3, -0.25) is 9.10 Å². The fraction of sp³-hybridized carbons (Fsp3) is 0.316. The Balaban J connectivity index is 2.33. The molecule has 1 N–H and O–H groups in total. The molecule has 2 aromatic carbocycles. The molecule has 0 aliphatic rings. The smallest absolute Gasteiger partial charge is 0.248 e. The average molecular weight is 395 g/mol. The number of para-hydroxylation sites is 1. The molecule has 0 saturated heterocycles. The van der Waals surface area contributed by atoms with Gasteiger partial charge >= 0.3 is 0 Å². The summed E-state index contributed by atoms with van der Waals surface area (Å²) < 4.78 is 25.7. The number of hydrogen-bond donors (Lipinski definition) is 1. The van der Waals surface area contributed by atoms with E-state index < -0.39 is 22.0 Å². The fourth-order valence-electron chi connectivity index (χ4n) is 2.75. The van der Waals surface area contributed by atoms with Crippen LogP contribution in [0.3, 0.4) is 0 Å². The highest BCUT2D eigenvalue weighted by atomic mass is 35.5. The molecule has 0 aromatic heterocycles. The average Bonchev–Trinajstić information content (AvgIpc) is 2.55. The van der Waals surface area contributed by atoms with Crippen molar-refractivity contribution in [3.63, 3.8) is 0 Å². The molecule has 0 bridgehead atoms. The van der Waals surface area contributed by atoms with Crippen molar-refractivity contribution >= 4 is 38.9 Å². The van der Waals surface area contributed by atoms with E-state index in [9.17, 15) is 13.2 Å². The van der Waals surface area contributed by atoms with Crippen LogP contribution in [0.5, 0.6) is 0 Å². The summed E-state index contributed by atoms with van der Waals surface area (Å²) in [4.78, 5) is 12.8. The zero-order valence-corrected chi connectivity index (χ0v) is 16.8. The van der Waals surface area contributed by atoms with Crippen LogP contribution < -0.4 is 9.62 Å². The van der Waals surface area contributed by atoms with Gasteiger partial charge in [0.05, 0.1) is 11.9 Å². The van der Waals surface area contributed by atoms with E-state index in [-0.39, 0.29) is 5.92 Å². The quantitative estimate of drug-likeness (QED) is 0.796. The van der Waals surface area contributed by atoms with Crippen LogP contribution in [0, 0.1) is 0 Å². The molecule has 1 atom stereocenters. The Hall–Kier alpha value is -2.05. The molecule has 7 heteroatoms. The summed E-state index contributed by atoms with van der Waals surface area (Å²) in [5.74, 6) is -0.178. The van der Waals surface area contributed by atoms with Crippen molar-refractivity contribution in [2.24, 2.45) is 0 Å². The summed E-state index contributed by atoms with van der Waals surface area (Å²) in [5, 5.41) is 3.35. The highest BCUT2D eigenvalue weighted by Crippen LogP contribution is 2.26. The first-order chi connectivity index (χ1) is 12.1. The van der Waals surface area contributed by atoms with Gasteiger partial charge in [0.1, 0.15) is 6.04 Å². The molecular formula is C19H23ClN2O3S. The Morgan fingerprint density at radius 2 is 1.62 bits per heavy atom. The fourth-order valence-corrected chi connectivity index (χ4v) is 4.05. The molecule has 0 spiro atoms. The number of carbonyl (C=O) groups is 1. The maximum absolute atomic E-state index is 12.8. The van der Waals surface area contributed by atoms with E-state index in [4.69, 9.17) is 11.6 Å². The number of sulfonamides is 1. The third-order valence-electron chi connectivity index (χ3n) is 4.01. The number of anilines is 2. The van der Waals surface area contributed by atoms with Gasteiger partial charge in [-0.15, -0.1) is 0 Å². The van der Waals surface area contributed by atoms with Gasteiger partial charge < -0.3 is 5.32 Å². The van der Waals surface area contributed by atoms with Crippen LogP contribution in [-0.2, 0) is 14.8 Å². The number of benzene rings is 2. The predicted octanol–water partition coefficient (Wildman–Crippen LogP) is 4.26. The first-order valence-corrected chi connectivity index (χ1v) is 10.5. The molecule has 5 nitrogen and oxygen atoms in total. The Bertz CT molecular complexity index is 880.